The molecule has 1 aromatic carbocycles. The van der Waals surface area contributed by atoms with E-state index in [9.17, 15) is 4.39 Å². The van der Waals surface area contributed by atoms with Crippen LogP contribution in [0.25, 0.3) is 0 Å². The van der Waals surface area contributed by atoms with Gasteiger partial charge in [-0.25, -0.2) is 4.39 Å². The molecule has 0 spiro atoms. The van der Waals surface area contributed by atoms with Gasteiger partial charge in [0.2, 0.25) is 0 Å². The highest BCUT2D eigenvalue weighted by molar-refractivity contribution is 5.28. The molecule has 2 N–H and O–H groups in total. The minimum Gasteiger partial charge on any atom is -0.374 e. The second-order valence-electron chi connectivity index (χ2n) is 5.45. The molecule has 0 aliphatic carbocycles. The van der Waals surface area contributed by atoms with Crippen molar-refractivity contribution in [2.24, 2.45) is 5.73 Å². The Labute approximate surface area is 114 Å². The van der Waals surface area contributed by atoms with Crippen molar-refractivity contribution >= 4 is 0 Å². The van der Waals surface area contributed by atoms with Crippen molar-refractivity contribution in [3.8, 4) is 0 Å². The zero-order chi connectivity index (χ0) is 14.0. The Morgan fingerprint density at radius 2 is 2.21 bits per heavy atom. The lowest BCUT2D eigenvalue weighted by Gasteiger charge is -2.43. The van der Waals surface area contributed by atoms with Gasteiger partial charge in [-0.05, 0) is 26.8 Å². The van der Waals surface area contributed by atoms with Crippen LogP contribution in [0.2, 0.25) is 0 Å². The summed E-state index contributed by atoms with van der Waals surface area (Å²) in [5, 5.41) is 0. The summed E-state index contributed by atoms with van der Waals surface area (Å²) in [6, 6.07) is 5.47. The lowest BCUT2D eigenvalue weighted by molar-refractivity contribution is -0.0799. The maximum Gasteiger partial charge on any atom is 0.128 e. The van der Waals surface area contributed by atoms with Crippen LogP contribution in [0, 0.1) is 12.7 Å². The first kappa shape index (κ1) is 14.4. The van der Waals surface area contributed by atoms with E-state index in [4.69, 9.17) is 10.5 Å². The van der Waals surface area contributed by atoms with Crippen LogP contribution in [0.15, 0.2) is 18.2 Å². The van der Waals surface area contributed by atoms with Gasteiger partial charge in [0, 0.05) is 24.7 Å². The van der Waals surface area contributed by atoms with Gasteiger partial charge in [-0.15, -0.1) is 0 Å². The first-order valence-corrected chi connectivity index (χ1v) is 6.88. The summed E-state index contributed by atoms with van der Waals surface area (Å²) in [5.41, 5.74) is 7.56. The molecule has 19 heavy (non-hydrogen) atoms. The highest BCUT2D eigenvalue weighted by atomic mass is 19.1. The molecule has 0 saturated carbocycles. The van der Waals surface area contributed by atoms with Crippen molar-refractivity contribution in [2.75, 3.05) is 19.7 Å². The second kappa shape index (κ2) is 5.99. The van der Waals surface area contributed by atoms with Crippen LogP contribution in [0.3, 0.4) is 0 Å². The highest BCUT2D eigenvalue weighted by Gasteiger charge is 2.35. The maximum atomic E-state index is 14.2. The Morgan fingerprint density at radius 1 is 1.47 bits per heavy atom. The lowest BCUT2D eigenvalue weighted by atomic mass is 9.95. The average Bonchev–Trinajstić information content (AvgIpc) is 2.40. The monoisotopic (exact) mass is 266 g/mol. The van der Waals surface area contributed by atoms with Crippen molar-refractivity contribution in [2.45, 2.75) is 39.0 Å². The van der Waals surface area contributed by atoms with Crippen molar-refractivity contribution in [3.63, 3.8) is 0 Å². The SMILES string of the molecule is Cc1ccc(F)c(C2C(CN)OCCN2C(C)C)c1. The predicted molar refractivity (Wildman–Crippen MR) is 74.5 cm³/mol. The third-order valence-electron chi connectivity index (χ3n) is 3.76. The van der Waals surface area contributed by atoms with E-state index in [-0.39, 0.29) is 18.0 Å². The largest absolute Gasteiger partial charge is 0.374 e. The maximum absolute atomic E-state index is 14.2. The molecular formula is C15H23FN2O. The number of nitrogens with zero attached hydrogens (tertiary/aromatic N) is 1. The van der Waals surface area contributed by atoms with Gasteiger partial charge in [-0.3, -0.25) is 4.90 Å². The van der Waals surface area contributed by atoms with Gasteiger partial charge in [0.05, 0.1) is 18.8 Å². The van der Waals surface area contributed by atoms with Crippen LogP contribution in [0.5, 0.6) is 0 Å². The van der Waals surface area contributed by atoms with E-state index in [2.05, 4.69) is 18.7 Å². The van der Waals surface area contributed by atoms with Gasteiger partial charge in [0.1, 0.15) is 5.82 Å². The van der Waals surface area contributed by atoms with Crippen LogP contribution in [0.4, 0.5) is 4.39 Å². The normalized spacial score (nSPS) is 24.9. The molecule has 106 valence electrons. The zero-order valence-electron chi connectivity index (χ0n) is 11.9. The number of benzene rings is 1. The Hall–Kier alpha value is -0.970. The first-order valence-electron chi connectivity index (χ1n) is 6.88. The van der Waals surface area contributed by atoms with E-state index in [0.29, 0.717) is 24.8 Å². The number of nitrogens with two attached hydrogens (primary N) is 1. The van der Waals surface area contributed by atoms with Crippen molar-refractivity contribution in [3.05, 3.63) is 35.1 Å². The van der Waals surface area contributed by atoms with Crippen molar-refractivity contribution < 1.29 is 9.13 Å². The number of rotatable bonds is 3. The minimum atomic E-state index is -0.176. The number of aryl methyl sites for hydroxylation is 1. The summed E-state index contributed by atoms with van der Waals surface area (Å²) >= 11 is 0. The van der Waals surface area contributed by atoms with E-state index >= 15 is 0 Å². The topological polar surface area (TPSA) is 38.5 Å². The molecule has 1 heterocycles. The van der Waals surface area contributed by atoms with E-state index < -0.39 is 0 Å². The molecule has 1 fully saturated rings. The predicted octanol–water partition coefficient (Wildman–Crippen LogP) is 2.24. The number of halogens is 1. The summed E-state index contributed by atoms with van der Waals surface area (Å²) < 4.78 is 19.9. The number of hydrogen-bond acceptors (Lipinski definition) is 3. The lowest BCUT2D eigenvalue weighted by Crippen LogP contribution is -2.51. The summed E-state index contributed by atoms with van der Waals surface area (Å²) in [6.45, 7) is 8.10. The molecular weight excluding hydrogens is 243 g/mol. The summed E-state index contributed by atoms with van der Waals surface area (Å²) in [4.78, 5) is 2.28. The van der Waals surface area contributed by atoms with Gasteiger partial charge < -0.3 is 10.5 Å². The number of ether oxygens (including phenoxy) is 1. The molecule has 0 aromatic heterocycles. The Morgan fingerprint density at radius 3 is 2.84 bits per heavy atom. The third kappa shape index (κ3) is 2.96. The fourth-order valence-corrected chi connectivity index (χ4v) is 2.80. The fourth-order valence-electron chi connectivity index (χ4n) is 2.80. The Balaban J connectivity index is 2.42. The van der Waals surface area contributed by atoms with E-state index in [1.807, 2.05) is 13.0 Å². The van der Waals surface area contributed by atoms with Crippen molar-refractivity contribution in [1.82, 2.24) is 4.90 Å². The van der Waals surface area contributed by atoms with E-state index in [1.54, 1.807) is 6.07 Å². The number of morpholine rings is 1. The first-order chi connectivity index (χ1) is 9.04. The molecule has 1 aliphatic rings. The highest BCUT2D eigenvalue weighted by Crippen LogP contribution is 2.32. The molecule has 2 unspecified atom stereocenters. The van der Waals surface area contributed by atoms with Gasteiger partial charge >= 0.3 is 0 Å². The molecule has 2 rings (SSSR count). The summed E-state index contributed by atoms with van der Waals surface area (Å²) in [7, 11) is 0. The van der Waals surface area contributed by atoms with Crippen LogP contribution in [0.1, 0.15) is 31.0 Å². The minimum absolute atomic E-state index is 0.0985. The smallest absolute Gasteiger partial charge is 0.128 e. The molecule has 0 amide bonds. The summed E-state index contributed by atoms with van der Waals surface area (Å²) in [6.07, 6.45) is -0.146. The van der Waals surface area contributed by atoms with Crippen molar-refractivity contribution in [1.29, 1.82) is 0 Å². The van der Waals surface area contributed by atoms with E-state index in [1.165, 1.54) is 6.07 Å². The second-order valence-corrected chi connectivity index (χ2v) is 5.45. The van der Waals surface area contributed by atoms with Crippen LogP contribution in [-0.2, 0) is 4.74 Å². The standard InChI is InChI=1S/C15H23FN2O/c1-10(2)18-6-7-19-14(9-17)15(18)12-8-11(3)4-5-13(12)16/h4-5,8,10,14-15H,6-7,9,17H2,1-3H3. The van der Waals surface area contributed by atoms with Crippen LogP contribution >= 0.6 is 0 Å². The molecule has 3 nitrogen and oxygen atoms in total. The molecule has 1 aromatic rings. The van der Waals surface area contributed by atoms with Gasteiger partial charge in [0.15, 0.2) is 0 Å². The molecule has 4 heteroatoms. The average molecular weight is 266 g/mol. The van der Waals surface area contributed by atoms with Gasteiger partial charge in [-0.2, -0.15) is 0 Å². The Bertz CT molecular complexity index is 436. The molecule has 1 aliphatic heterocycles. The van der Waals surface area contributed by atoms with Crippen LogP contribution < -0.4 is 5.73 Å². The summed E-state index contributed by atoms with van der Waals surface area (Å²) in [5.74, 6) is -0.176. The van der Waals surface area contributed by atoms with Crippen LogP contribution in [-0.4, -0.2) is 36.7 Å². The van der Waals surface area contributed by atoms with Gasteiger partial charge in [0.25, 0.3) is 0 Å². The fraction of sp³-hybridized carbons (Fsp3) is 0.600. The Kier molecular flexibility index (Phi) is 4.55. The zero-order valence-corrected chi connectivity index (χ0v) is 11.9. The quantitative estimate of drug-likeness (QED) is 0.912. The molecule has 0 bridgehead atoms. The third-order valence-corrected chi connectivity index (χ3v) is 3.76. The molecule has 1 saturated heterocycles. The molecule has 0 radical (unpaired) electrons. The van der Waals surface area contributed by atoms with Gasteiger partial charge in [-0.1, -0.05) is 17.7 Å². The molecule has 2 atom stereocenters. The number of hydrogen-bond donors (Lipinski definition) is 1. The van der Waals surface area contributed by atoms with E-state index in [0.717, 1.165) is 12.1 Å².